The van der Waals surface area contributed by atoms with Crippen molar-refractivity contribution in [3.8, 4) is 11.3 Å². The molecule has 2 fully saturated rings. The lowest BCUT2D eigenvalue weighted by atomic mass is 9.92. The predicted molar refractivity (Wildman–Crippen MR) is 141 cm³/mol. The summed E-state index contributed by atoms with van der Waals surface area (Å²) in [5.74, 6) is -3.71. The highest BCUT2D eigenvalue weighted by Gasteiger charge is 2.38. The second kappa shape index (κ2) is 9.61. The van der Waals surface area contributed by atoms with Gasteiger partial charge in [-0.1, -0.05) is 0 Å². The number of rotatable bonds is 5. The Morgan fingerprint density at radius 3 is 2.73 bits per heavy atom. The third-order valence-corrected chi connectivity index (χ3v) is 7.69. The van der Waals surface area contributed by atoms with Gasteiger partial charge < -0.3 is 16.0 Å². The number of carbonyl (C=O) groups is 2. The molecular formula is C28H26F3N7O2. The minimum atomic E-state index is -3.11. The van der Waals surface area contributed by atoms with Gasteiger partial charge in [0.05, 0.1) is 0 Å². The molecule has 2 atom stereocenters. The molecular weight excluding hydrogens is 523 g/mol. The molecule has 0 radical (unpaired) electrons. The maximum Gasteiger partial charge on any atom is 0.270 e. The van der Waals surface area contributed by atoms with E-state index >= 15 is 4.39 Å². The molecule has 2 amide bonds. The number of nitrogens with zero attached hydrogens (tertiary/aromatic N) is 5. The van der Waals surface area contributed by atoms with Gasteiger partial charge in [0.1, 0.15) is 34.5 Å². The Balaban J connectivity index is 1.32. The van der Waals surface area contributed by atoms with Crippen molar-refractivity contribution in [2.45, 2.75) is 50.5 Å². The molecule has 0 aliphatic carbocycles. The SMILES string of the molecule is CC(F)(F)c1ccnc(NC(=O)c2ccc(-c3nc(C4CCC5CCC(=O)N5C4)n4ccnc(N)c34)c(F)c2)c1. The molecule has 12 heteroatoms. The van der Waals surface area contributed by atoms with Crippen molar-refractivity contribution in [3.63, 3.8) is 0 Å². The van der Waals surface area contributed by atoms with Crippen molar-refractivity contribution in [1.82, 2.24) is 24.3 Å². The molecule has 3 N–H and O–H groups in total. The Hall–Kier alpha value is -4.48. The number of alkyl halides is 2. The van der Waals surface area contributed by atoms with Crippen LogP contribution in [0.3, 0.4) is 0 Å². The number of imidazole rings is 1. The van der Waals surface area contributed by atoms with Crippen LogP contribution in [-0.2, 0) is 10.7 Å². The van der Waals surface area contributed by atoms with Gasteiger partial charge in [0, 0.05) is 67.1 Å². The number of hydrogen-bond donors (Lipinski definition) is 2. The van der Waals surface area contributed by atoms with Crippen LogP contribution in [0, 0.1) is 5.82 Å². The van der Waals surface area contributed by atoms with Crippen LogP contribution in [0.5, 0.6) is 0 Å². The summed E-state index contributed by atoms with van der Waals surface area (Å²) in [5.41, 5.74) is 6.71. The van der Waals surface area contributed by atoms with Gasteiger partial charge in [0.2, 0.25) is 5.91 Å². The second-order valence-corrected chi connectivity index (χ2v) is 10.3. The van der Waals surface area contributed by atoms with Crippen molar-refractivity contribution in [2.75, 3.05) is 17.6 Å². The number of anilines is 2. The van der Waals surface area contributed by atoms with Crippen LogP contribution in [0.15, 0.2) is 48.9 Å². The molecule has 6 rings (SSSR count). The Kier molecular flexibility index (Phi) is 6.20. The summed E-state index contributed by atoms with van der Waals surface area (Å²) in [6.07, 6.45) is 7.55. The first-order valence-electron chi connectivity index (χ1n) is 13.0. The third kappa shape index (κ3) is 4.52. The first kappa shape index (κ1) is 25.8. The number of fused-ring (bicyclic) bond motifs is 2. The molecule has 206 valence electrons. The molecule has 2 aliphatic rings. The first-order chi connectivity index (χ1) is 19.1. The van der Waals surface area contributed by atoms with E-state index in [2.05, 4.69) is 15.3 Å². The Morgan fingerprint density at radius 1 is 1.12 bits per heavy atom. The number of amides is 2. The average Bonchev–Trinajstić information content (AvgIpc) is 3.49. The molecule has 40 heavy (non-hydrogen) atoms. The van der Waals surface area contributed by atoms with E-state index < -0.39 is 17.6 Å². The van der Waals surface area contributed by atoms with Crippen molar-refractivity contribution in [2.24, 2.45) is 0 Å². The highest BCUT2D eigenvalue weighted by atomic mass is 19.3. The van der Waals surface area contributed by atoms with Gasteiger partial charge in [-0.3, -0.25) is 14.0 Å². The van der Waals surface area contributed by atoms with Crippen LogP contribution in [0.4, 0.5) is 24.8 Å². The molecule has 0 bridgehead atoms. The molecule has 5 heterocycles. The van der Waals surface area contributed by atoms with Gasteiger partial charge >= 0.3 is 0 Å². The molecule has 1 aromatic carbocycles. The number of pyridine rings is 1. The van der Waals surface area contributed by atoms with Crippen LogP contribution in [-0.4, -0.2) is 48.7 Å². The number of piperidine rings is 1. The highest BCUT2D eigenvalue weighted by Crippen LogP contribution is 2.38. The summed E-state index contributed by atoms with van der Waals surface area (Å²) in [7, 11) is 0. The number of aromatic nitrogens is 4. The van der Waals surface area contributed by atoms with E-state index in [-0.39, 0.29) is 51.9 Å². The largest absolute Gasteiger partial charge is 0.382 e. The number of halogens is 3. The van der Waals surface area contributed by atoms with Crippen LogP contribution >= 0.6 is 0 Å². The first-order valence-corrected chi connectivity index (χ1v) is 13.0. The number of hydrogen-bond acceptors (Lipinski definition) is 6. The fourth-order valence-corrected chi connectivity index (χ4v) is 5.65. The van der Waals surface area contributed by atoms with E-state index in [1.165, 1.54) is 12.1 Å². The molecule has 0 spiro atoms. The van der Waals surface area contributed by atoms with E-state index in [9.17, 15) is 18.4 Å². The Morgan fingerprint density at radius 2 is 1.95 bits per heavy atom. The minimum Gasteiger partial charge on any atom is -0.382 e. The molecule has 2 aliphatic heterocycles. The molecule has 2 saturated heterocycles. The molecule has 0 saturated carbocycles. The van der Waals surface area contributed by atoms with Gasteiger partial charge in [0.25, 0.3) is 11.8 Å². The molecule has 3 aromatic heterocycles. The zero-order chi connectivity index (χ0) is 28.2. The van der Waals surface area contributed by atoms with Crippen LogP contribution < -0.4 is 11.1 Å². The zero-order valence-electron chi connectivity index (χ0n) is 21.6. The van der Waals surface area contributed by atoms with Crippen molar-refractivity contribution >= 4 is 29.0 Å². The van der Waals surface area contributed by atoms with Gasteiger partial charge in [-0.25, -0.2) is 28.1 Å². The topological polar surface area (TPSA) is 119 Å². The normalized spacial score (nSPS) is 19.2. The molecule has 4 aromatic rings. The fraction of sp³-hybridized carbons (Fsp3) is 0.321. The summed E-state index contributed by atoms with van der Waals surface area (Å²) >= 11 is 0. The summed E-state index contributed by atoms with van der Waals surface area (Å²) < 4.78 is 44.7. The van der Waals surface area contributed by atoms with E-state index in [1.54, 1.807) is 16.8 Å². The van der Waals surface area contributed by atoms with E-state index in [0.717, 1.165) is 50.6 Å². The Bertz CT molecular complexity index is 1650. The van der Waals surface area contributed by atoms with E-state index in [4.69, 9.17) is 10.7 Å². The Labute approximate surface area is 227 Å². The van der Waals surface area contributed by atoms with Crippen molar-refractivity contribution < 1.29 is 22.8 Å². The summed E-state index contributed by atoms with van der Waals surface area (Å²) in [6, 6.07) is 6.37. The summed E-state index contributed by atoms with van der Waals surface area (Å²) in [6.45, 7) is 1.28. The minimum absolute atomic E-state index is 0.0302. The standard InChI is InChI=1S/C28H26F3N7O2/c1-28(30,31)17-8-9-33-21(13-17)35-27(40)15-3-6-19(20(29)12-15)23-24-25(32)34-10-11-37(24)26(36-23)16-2-4-18-5-7-22(39)38(18)14-16/h3,6,8-13,16,18H,2,4-5,7,14H2,1H3,(H2,32,34)(H,33,35,40). The second-order valence-electron chi connectivity index (χ2n) is 10.3. The molecule has 9 nitrogen and oxygen atoms in total. The smallest absolute Gasteiger partial charge is 0.270 e. The average molecular weight is 550 g/mol. The quantitative estimate of drug-likeness (QED) is 0.371. The number of carbonyl (C=O) groups excluding carboxylic acids is 2. The van der Waals surface area contributed by atoms with Crippen molar-refractivity contribution in [1.29, 1.82) is 0 Å². The van der Waals surface area contributed by atoms with Gasteiger partial charge in [0.15, 0.2) is 0 Å². The lowest BCUT2D eigenvalue weighted by Gasteiger charge is -2.34. The van der Waals surface area contributed by atoms with Gasteiger partial charge in [-0.15, -0.1) is 0 Å². The van der Waals surface area contributed by atoms with Crippen LogP contribution in [0.2, 0.25) is 0 Å². The van der Waals surface area contributed by atoms with Gasteiger partial charge in [-0.2, -0.15) is 0 Å². The lowest BCUT2D eigenvalue weighted by Crippen LogP contribution is -2.41. The fourth-order valence-electron chi connectivity index (χ4n) is 5.65. The van der Waals surface area contributed by atoms with Crippen molar-refractivity contribution in [3.05, 3.63) is 71.7 Å². The van der Waals surface area contributed by atoms with Crippen LogP contribution in [0.25, 0.3) is 16.8 Å². The number of nitrogens with one attached hydrogen (secondary N) is 1. The van der Waals surface area contributed by atoms with E-state index in [1.807, 2.05) is 4.90 Å². The zero-order valence-corrected chi connectivity index (χ0v) is 21.6. The third-order valence-electron chi connectivity index (χ3n) is 7.69. The van der Waals surface area contributed by atoms with E-state index in [0.29, 0.717) is 24.3 Å². The number of benzene rings is 1. The summed E-state index contributed by atoms with van der Waals surface area (Å²) in [5, 5.41) is 2.43. The monoisotopic (exact) mass is 549 g/mol. The maximum atomic E-state index is 15.5. The molecule has 2 unspecified atom stereocenters. The predicted octanol–water partition coefficient (Wildman–Crippen LogP) is 4.75. The van der Waals surface area contributed by atoms with Crippen LogP contribution in [0.1, 0.15) is 60.3 Å². The maximum absolute atomic E-state index is 15.5. The van der Waals surface area contributed by atoms with Gasteiger partial charge in [-0.05, 0) is 49.6 Å². The number of nitrogens with two attached hydrogens (primary N) is 1. The highest BCUT2D eigenvalue weighted by molar-refractivity contribution is 6.04. The lowest BCUT2D eigenvalue weighted by molar-refractivity contribution is -0.130. The number of nitrogen functional groups attached to an aromatic ring is 1. The summed E-state index contributed by atoms with van der Waals surface area (Å²) in [4.78, 5) is 40.0.